The van der Waals surface area contributed by atoms with Crippen LogP contribution in [0.4, 0.5) is 0 Å². The Morgan fingerprint density at radius 1 is 1.28 bits per heavy atom. The van der Waals surface area contributed by atoms with Crippen LogP contribution in [0.25, 0.3) is 10.4 Å². The van der Waals surface area contributed by atoms with Gasteiger partial charge in [0.25, 0.3) is 0 Å². The zero-order valence-electron chi connectivity index (χ0n) is 13.3. The molecule has 0 saturated carbocycles. The molecule has 0 saturated heterocycles. The third-order valence-electron chi connectivity index (χ3n) is 2.75. The van der Waals surface area contributed by atoms with Gasteiger partial charge in [-0.1, -0.05) is 5.11 Å². The maximum Gasteiger partial charge on any atom is 0.322 e. The van der Waals surface area contributed by atoms with Crippen molar-refractivity contribution in [2.75, 3.05) is 24.6 Å². The van der Waals surface area contributed by atoms with Gasteiger partial charge in [0, 0.05) is 23.6 Å². The zero-order chi connectivity index (χ0) is 19.2. The van der Waals surface area contributed by atoms with E-state index in [1.807, 2.05) is 0 Å². The third kappa shape index (κ3) is 11.6. The summed E-state index contributed by atoms with van der Waals surface area (Å²) in [6.45, 7) is -0.398. The number of nitrogens with zero attached hydrogens (tertiary/aromatic N) is 3. The van der Waals surface area contributed by atoms with Crippen LogP contribution in [-0.2, 0) is 19.2 Å². The number of nitrogens with two attached hydrogens (primary N) is 1. The van der Waals surface area contributed by atoms with Crippen LogP contribution in [0.1, 0.15) is 12.8 Å². The molecule has 2 amide bonds. The minimum atomic E-state index is -1.24. The molecule has 13 heteroatoms. The van der Waals surface area contributed by atoms with Gasteiger partial charge in [-0.15, -0.1) is 0 Å². The van der Waals surface area contributed by atoms with Gasteiger partial charge in [0.15, 0.2) is 0 Å². The van der Waals surface area contributed by atoms with Crippen molar-refractivity contribution in [3.63, 3.8) is 0 Å². The first kappa shape index (κ1) is 22.5. The highest BCUT2D eigenvalue weighted by Crippen LogP contribution is 2.05. The molecule has 0 unspecified atom stereocenters. The average Bonchev–Trinajstić information content (AvgIpc) is 2.55. The van der Waals surface area contributed by atoms with Crippen LogP contribution < -0.4 is 16.4 Å². The minimum absolute atomic E-state index is 0.103. The number of aliphatic carboxylic acids is 2. The van der Waals surface area contributed by atoms with Crippen molar-refractivity contribution in [2.24, 2.45) is 10.8 Å². The molecule has 0 radical (unpaired) electrons. The van der Waals surface area contributed by atoms with Gasteiger partial charge in [-0.25, -0.2) is 0 Å². The van der Waals surface area contributed by atoms with Gasteiger partial charge in [-0.3, -0.25) is 19.2 Å². The van der Waals surface area contributed by atoms with E-state index in [1.165, 1.54) is 11.8 Å². The third-order valence-corrected chi connectivity index (χ3v) is 3.79. The summed E-state index contributed by atoms with van der Waals surface area (Å²) in [5.74, 6) is -3.20. The molecule has 0 fully saturated rings. The molecule has 12 nitrogen and oxygen atoms in total. The monoisotopic (exact) mass is 376 g/mol. The molecule has 0 aromatic rings. The number of carbonyl (C=O) groups is 4. The number of hydrogen-bond acceptors (Lipinski definition) is 7. The number of carboxylic acid groups (broad SMARTS) is 2. The van der Waals surface area contributed by atoms with Crippen molar-refractivity contribution >= 4 is 35.5 Å². The van der Waals surface area contributed by atoms with Crippen LogP contribution in [-0.4, -0.2) is 70.6 Å². The molecule has 0 spiro atoms. The standard InChI is InChI=1S/C12H20N6O6S/c13-7(12(23)24)1-2-9(19)17-8(6-25-4-3-16-18-14)11(22)15-5-10(20)21/h7-8H,1-6,13H2,(H,15,22)(H,17,19)(H,20,21)(H,23,24)/t7-,8-/m0/s1. The predicted molar refractivity (Wildman–Crippen MR) is 88.8 cm³/mol. The van der Waals surface area contributed by atoms with Crippen molar-refractivity contribution in [3.05, 3.63) is 10.4 Å². The van der Waals surface area contributed by atoms with Crippen molar-refractivity contribution in [2.45, 2.75) is 24.9 Å². The lowest BCUT2D eigenvalue weighted by molar-refractivity contribution is -0.139. The summed E-state index contributed by atoms with van der Waals surface area (Å²) in [5, 5.41) is 25.1. The molecule has 140 valence electrons. The van der Waals surface area contributed by atoms with Gasteiger partial charge in [-0.05, 0) is 17.7 Å². The molecule has 2 atom stereocenters. The van der Waals surface area contributed by atoms with Crippen molar-refractivity contribution < 1.29 is 29.4 Å². The van der Waals surface area contributed by atoms with E-state index in [2.05, 4.69) is 20.7 Å². The van der Waals surface area contributed by atoms with E-state index in [1.54, 1.807) is 0 Å². The summed E-state index contributed by atoms with van der Waals surface area (Å²) in [7, 11) is 0. The minimum Gasteiger partial charge on any atom is -0.480 e. The fourth-order valence-electron chi connectivity index (χ4n) is 1.50. The van der Waals surface area contributed by atoms with E-state index in [0.717, 1.165) is 0 Å². The lowest BCUT2D eigenvalue weighted by Crippen LogP contribution is -2.49. The highest BCUT2D eigenvalue weighted by molar-refractivity contribution is 7.99. The quantitative estimate of drug-likeness (QED) is 0.115. The molecule has 0 aliphatic carbocycles. The van der Waals surface area contributed by atoms with Crippen LogP contribution >= 0.6 is 11.8 Å². The number of carbonyl (C=O) groups excluding carboxylic acids is 2. The van der Waals surface area contributed by atoms with E-state index in [0.29, 0.717) is 5.75 Å². The molecule has 0 aliphatic heterocycles. The first-order chi connectivity index (χ1) is 11.8. The Morgan fingerprint density at radius 2 is 1.96 bits per heavy atom. The van der Waals surface area contributed by atoms with Crippen molar-refractivity contribution in [1.82, 2.24) is 10.6 Å². The average molecular weight is 376 g/mol. The SMILES string of the molecule is [N-]=[N+]=NCCSC[C@H](NC(=O)CC[C@H](N)C(=O)O)C(=O)NCC(=O)O. The number of hydrogen-bond donors (Lipinski definition) is 5. The van der Waals surface area contributed by atoms with Gasteiger partial charge in [0.05, 0.1) is 0 Å². The number of amides is 2. The molecule has 6 N–H and O–H groups in total. The maximum absolute atomic E-state index is 11.9. The second kappa shape index (κ2) is 12.9. The summed E-state index contributed by atoms with van der Waals surface area (Å²) in [4.78, 5) is 47.5. The van der Waals surface area contributed by atoms with Crippen LogP contribution in [0.15, 0.2) is 5.11 Å². The zero-order valence-corrected chi connectivity index (χ0v) is 14.1. The number of carboxylic acids is 2. The van der Waals surface area contributed by atoms with E-state index >= 15 is 0 Å². The van der Waals surface area contributed by atoms with Gasteiger partial charge < -0.3 is 26.6 Å². The number of azide groups is 1. The largest absolute Gasteiger partial charge is 0.480 e. The molecular weight excluding hydrogens is 356 g/mol. The molecule has 0 heterocycles. The first-order valence-corrected chi connectivity index (χ1v) is 8.29. The van der Waals surface area contributed by atoms with E-state index in [4.69, 9.17) is 21.5 Å². The van der Waals surface area contributed by atoms with E-state index in [-0.39, 0.29) is 25.1 Å². The second-order valence-corrected chi connectivity index (χ2v) is 5.89. The fourth-order valence-corrected chi connectivity index (χ4v) is 2.34. The molecule has 0 aromatic heterocycles. The van der Waals surface area contributed by atoms with Gasteiger partial charge in [0.2, 0.25) is 11.8 Å². The van der Waals surface area contributed by atoms with Crippen LogP contribution in [0.3, 0.4) is 0 Å². The summed E-state index contributed by atoms with van der Waals surface area (Å²) in [6.07, 6.45) is -0.297. The van der Waals surface area contributed by atoms with Gasteiger partial charge in [0.1, 0.15) is 18.6 Å². The Labute approximate surface area is 147 Å². The Bertz CT molecular complexity index is 538. The van der Waals surface area contributed by atoms with Gasteiger partial charge in [-0.2, -0.15) is 11.8 Å². The molecule has 0 aliphatic rings. The van der Waals surface area contributed by atoms with Crippen LogP contribution in [0.2, 0.25) is 0 Å². The smallest absolute Gasteiger partial charge is 0.322 e. The highest BCUT2D eigenvalue weighted by Gasteiger charge is 2.22. The summed E-state index contributed by atoms with van der Waals surface area (Å²) in [5.41, 5.74) is 13.5. The lowest BCUT2D eigenvalue weighted by atomic mass is 10.1. The second-order valence-electron chi connectivity index (χ2n) is 4.74. The Balaban J connectivity index is 4.55. The Kier molecular flexibility index (Phi) is 11.6. The highest BCUT2D eigenvalue weighted by atomic mass is 32.2. The maximum atomic E-state index is 11.9. The lowest BCUT2D eigenvalue weighted by Gasteiger charge is -2.18. The summed E-state index contributed by atoms with van der Waals surface area (Å²) in [6, 6.07) is -2.20. The number of nitrogens with one attached hydrogen (secondary N) is 2. The number of thioether (sulfide) groups is 1. The molecule has 0 rings (SSSR count). The van der Waals surface area contributed by atoms with Crippen LogP contribution in [0, 0.1) is 0 Å². The van der Waals surface area contributed by atoms with Gasteiger partial charge >= 0.3 is 11.9 Å². The molecule has 25 heavy (non-hydrogen) atoms. The Hall–Kier alpha value is -2.50. The fraction of sp³-hybridized carbons (Fsp3) is 0.667. The molecule has 0 aromatic carbocycles. The normalized spacial score (nSPS) is 12.4. The van der Waals surface area contributed by atoms with Crippen molar-refractivity contribution in [1.29, 1.82) is 0 Å². The van der Waals surface area contributed by atoms with Crippen molar-refractivity contribution in [3.8, 4) is 0 Å². The first-order valence-electron chi connectivity index (χ1n) is 7.13. The Morgan fingerprint density at radius 3 is 2.52 bits per heavy atom. The van der Waals surface area contributed by atoms with E-state index < -0.39 is 42.4 Å². The van der Waals surface area contributed by atoms with E-state index in [9.17, 15) is 19.2 Å². The molecule has 0 bridgehead atoms. The summed E-state index contributed by atoms with van der Waals surface area (Å²) < 4.78 is 0. The summed E-state index contributed by atoms with van der Waals surface area (Å²) >= 11 is 1.23. The number of rotatable bonds is 13. The predicted octanol–water partition coefficient (Wildman–Crippen LogP) is -1.09. The molecular formula is C12H20N6O6S. The van der Waals surface area contributed by atoms with Crippen LogP contribution in [0.5, 0.6) is 0 Å². The topological polar surface area (TPSA) is 208 Å².